The normalized spacial score (nSPS) is 10.9. The summed E-state index contributed by atoms with van der Waals surface area (Å²) >= 11 is 5.41. The van der Waals surface area contributed by atoms with Crippen LogP contribution in [0.3, 0.4) is 0 Å². The van der Waals surface area contributed by atoms with Crippen LogP contribution in [-0.2, 0) is 0 Å². The molecule has 1 aromatic heterocycles. The Bertz CT molecular complexity index is 1460. The minimum atomic E-state index is -0.251. The number of nitrogens with zero attached hydrogens (tertiary/aromatic N) is 1. The van der Waals surface area contributed by atoms with Crippen molar-refractivity contribution in [1.82, 2.24) is 15.3 Å². The molecule has 0 fully saturated rings. The van der Waals surface area contributed by atoms with Crippen LogP contribution in [0.15, 0.2) is 84.9 Å². The zero-order chi connectivity index (χ0) is 22.1. The number of aromatic nitrogens is 2. The Balaban J connectivity index is 1.34. The Kier molecular flexibility index (Phi) is 5.13. The molecule has 5 nitrogen and oxygen atoms in total. The number of imidazole rings is 1. The Hall–Kier alpha value is -4.03. The van der Waals surface area contributed by atoms with Gasteiger partial charge in [0.15, 0.2) is 5.11 Å². The molecule has 6 heteroatoms. The number of nitrogens with one attached hydrogen (secondary N) is 3. The molecule has 0 bridgehead atoms. The maximum atomic E-state index is 12.7. The maximum absolute atomic E-state index is 12.7. The zero-order valence-corrected chi connectivity index (χ0v) is 18.2. The quantitative estimate of drug-likeness (QED) is 0.312. The number of anilines is 1. The topological polar surface area (TPSA) is 69.8 Å². The van der Waals surface area contributed by atoms with Crippen LogP contribution in [0.1, 0.15) is 15.9 Å². The van der Waals surface area contributed by atoms with Gasteiger partial charge < -0.3 is 10.3 Å². The number of carbonyl (C=O) groups excluding carboxylic acids is 1. The number of rotatable bonds is 3. The smallest absolute Gasteiger partial charge is 0.257 e. The highest BCUT2D eigenvalue weighted by Gasteiger charge is 2.11. The minimum Gasteiger partial charge on any atom is -0.338 e. The molecular formula is C26H20N4OS. The maximum Gasteiger partial charge on any atom is 0.257 e. The highest BCUT2D eigenvalue weighted by Crippen LogP contribution is 2.25. The number of aryl methyl sites for hydroxylation is 1. The van der Waals surface area contributed by atoms with Crippen molar-refractivity contribution in [2.24, 2.45) is 0 Å². The van der Waals surface area contributed by atoms with Crippen LogP contribution in [0.4, 0.5) is 5.69 Å². The number of hydrogen-bond donors (Lipinski definition) is 3. The predicted molar refractivity (Wildman–Crippen MR) is 134 cm³/mol. The number of fused-ring (bicyclic) bond motifs is 2. The first-order chi connectivity index (χ1) is 15.6. The van der Waals surface area contributed by atoms with E-state index in [1.807, 2.05) is 85.8 Å². The van der Waals surface area contributed by atoms with Crippen molar-refractivity contribution in [3.8, 4) is 11.4 Å². The van der Waals surface area contributed by atoms with Crippen LogP contribution in [0.25, 0.3) is 33.2 Å². The molecule has 156 valence electrons. The summed E-state index contributed by atoms with van der Waals surface area (Å²) in [6, 6.07) is 27.4. The first kappa shape index (κ1) is 19.9. The summed E-state index contributed by atoms with van der Waals surface area (Å²) in [5.74, 6) is 0.528. The van der Waals surface area contributed by atoms with Crippen LogP contribution >= 0.6 is 12.2 Å². The third-order valence-electron chi connectivity index (χ3n) is 5.39. The van der Waals surface area contributed by atoms with Gasteiger partial charge in [0.25, 0.3) is 5.91 Å². The van der Waals surface area contributed by atoms with Crippen LogP contribution in [-0.4, -0.2) is 21.0 Å². The van der Waals surface area contributed by atoms with E-state index in [1.54, 1.807) is 6.07 Å². The highest BCUT2D eigenvalue weighted by atomic mass is 32.1. The standard InChI is InChI=1S/C26H20N4OS/c1-16-10-11-19(24-27-21-8-4-5-9-22(21)28-24)15-23(16)29-26(32)30-25(31)20-13-12-17-6-2-3-7-18(17)14-20/h2-15H,1H3,(H,27,28)(H2,29,30,31,32). The van der Waals surface area contributed by atoms with E-state index in [0.717, 1.165) is 44.4 Å². The molecule has 0 aliphatic heterocycles. The Morgan fingerprint density at radius 3 is 2.53 bits per heavy atom. The molecule has 0 aliphatic carbocycles. The number of para-hydroxylation sites is 2. The van der Waals surface area contributed by atoms with E-state index in [2.05, 4.69) is 20.6 Å². The molecule has 0 unspecified atom stereocenters. The number of aromatic amines is 1. The van der Waals surface area contributed by atoms with Gasteiger partial charge in [0.05, 0.1) is 11.0 Å². The van der Waals surface area contributed by atoms with Crippen molar-refractivity contribution in [2.75, 3.05) is 5.32 Å². The molecule has 0 saturated carbocycles. The molecule has 5 rings (SSSR count). The van der Waals surface area contributed by atoms with Crippen molar-refractivity contribution < 1.29 is 4.79 Å². The zero-order valence-electron chi connectivity index (χ0n) is 17.3. The third-order valence-corrected chi connectivity index (χ3v) is 5.59. The van der Waals surface area contributed by atoms with Gasteiger partial charge in [-0.1, -0.05) is 54.6 Å². The summed E-state index contributed by atoms with van der Waals surface area (Å²) < 4.78 is 0. The summed E-state index contributed by atoms with van der Waals surface area (Å²) in [5, 5.41) is 8.26. The summed E-state index contributed by atoms with van der Waals surface area (Å²) in [7, 11) is 0. The predicted octanol–water partition coefficient (Wildman–Crippen LogP) is 5.82. The van der Waals surface area contributed by atoms with E-state index < -0.39 is 0 Å². The number of amides is 1. The second-order valence-electron chi connectivity index (χ2n) is 7.60. The molecule has 0 aliphatic rings. The summed E-state index contributed by atoms with van der Waals surface area (Å²) in [6.45, 7) is 1.98. The van der Waals surface area contributed by atoms with Gasteiger partial charge >= 0.3 is 0 Å². The summed E-state index contributed by atoms with van der Waals surface area (Å²) in [6.07, 6.45) is 0. The number of H-pyrrole nitrogens is 1. The molecule has 32 heavy (non-hydrogen) atoms. The molecule has 4 aromatic carbocycles. The average Bonchev–Trinajstić information content (AvgIpc) is 3.24. The van der Waals surface area contributed by atoms with E-state index in [1.165, 1.54) is 0 Å². The first-order valence-electron chi connectivity index (χ1n) is 10.2. The molecular weight excluding hydrogens is 416 g/mol. The monoisotopic (exact) mass is 436 g/mol. The third kappa shape index (κ3) is 3.96. The van der Waals surface area contributed by atoms with E-state index >= 15 is 0 Å². The fourth-order valence-corrected chi connectivity index (χ4v) is 3.86. The minimum absolute atomic E-state index is 0.244. The molecule has 3 N–H and O–H groups in total. The van der Waals surface area contributed by atoms with E-state index in [-0.39, 0.29) is 11.0 Å². The van der Waals surface area contributed by atoms with Crippen molar-refractivity contribution in [1.29, 1.82) is 0 Å². The largest absolute Gasteiger partial charge is 0.338 e. The van der Waals surface area contributed by atoms with Crippen molar-refractivity contribution in [2.45, 2.75) is 6.92 Å². The second kappa shape index (κ2) is 8.24. The van der Waals surface area contributed by atoms with Crippen LogP contribution in [0, 0.1) is 6.92 Å². The van der Waals surface area contributed by atoms with Gasteiger partial charge in [-0.15, -0.1) is 0 Å². The van der Waals surface area contributed by atoms with Crippen LogP contribution in [0.5, 0.6) is 0 Å². The number of hydrogen-bond acceptors (Lipinski definition) is 3. The van der Waals surface area contributed by atoms with Gasteiger partial charge in [0, 0.05) is 16.8 Å². The van der Waals surface area contributed by atoms with Crippen LogP contribution in [0.2, 0.25) is 0 Å². The van der Waals surface area contributed by atoms with Gasteiger partial charge in [-0.25, -0.2) is 4.98 Å². The fraction of sp³-hybridized carbons (Fsp3) is 0.0385. The number of benzene rings is 4. The van der Waals surface area contributed by atoms with E-state index in [0.29, 0.717) is 5.56 Å². The van der Waals surface area contributed by atoms with Gasteiger partial charge in [0.1, 0.15) is 5.82 Å². The molecule has 1 amide bonds. The van der Waals surface area contributed by atoms with Crippen LogP contribution < -0.4 is 10.6 Å². The molecule has 0 spiro atoms. The summed E-state index contributed by atoms with van der Waals surface area (Å²) in [4.78, 5) is 20.7. The second-order valence-corrected chi connectivity index (χ2v) is 8.01. The lowest BCUT2D eigenvalue weighted by Gasteiger charge is -2.13. The Labute approximate surface area is 190 Å². The van der Waals surface area contributed by atoms with Crippen molar-refractivity contribution in [3.63, 3.8) is 0 Å². The molecule has 1 heterocycles. The lowest BCUT2D eigenvalue weighted by atomic mass is 10.1. The fourth-order valence-electron chi connectivity index (χ4n) is 3.65. The van der Waals surface area contributed by atoms with Crippen molar-refractivity contribution in [3.05, 3.63) is 96.1 Å². The highest BCUT2D eigenvalue weighted by molar-refractivity contribution is 7.80. The molecule has 0 saturated heterocycles. The molecule has 0 atom stereocenters. The van der Waals surface area contributed by atoms with Gasteiger partial charge in [-0.3, -0.25) is 10.1 Å². The number of thiocarbonyl (C=S) groups is 1. The average molecular weight is 437 g/mol. The molecule has 5 aromatic rings. The van der Waals surface area contributed by atoms with Crippen molar-refractivity contribution >= 4 is 50.7 Å². The lowest BCUT2D eigenvalue weighted by molar-refractivity contribution is 0.0978. The van der Waals surface area contributed by atoms with E-state index in [4.69, 9.17) is 12.2 Å². The first-order valence-corrected chi connectivity index (χ1v) is 10.6. The number of carbonyl (C=O) groups is 1. The molecule has 0 radical (unpaired) electrons. The van der Waals surface area contributed by atoms with Gasteiger partial charge in [-0.2, -0.15) is 0 Å². The lowest BCUT2D eigenvalue weighted by Crippen LogP contribution is -2.34. The van der Waals surface area contributed by atoms with Gasteiger partial charge in [-0.05, 0) is 65.8 Å². The summed E-state index contributed by atoms with van der Waals surface area (Å²) in [5.41, 5.74) is 5.20. The SMILES string of the molecule is Cc1ccc(-c2nc3ccccc3[nH]2)cc1NC(=S)NC(=O)c1ccc2ccccc2c1. The van der Waals surface area contributed by atoms with Gasteiger partial charge in [0.2, 0.25) is 0 Å². The Morgan fingerprint density at radius 2 is 1.69 bits per heavy atom. The Morgan fingerprint density at radius 1 is 0.906 bits per heavy atom. The van der Waals surface area contributed by atoms with E-state index in [9.17, 15) is 4.79 Å².